The van der Waals surface area contributed by atoms with Gasteiger partial charge < -0.3 is 4.90 Å². The van der Waals surface area contributed by atoms with Crippen LogP contribution in [0, 0.1) is 6.92 Å². The minimum absolute atomic E-state index is 0.706. The number of rotatable bonds is 2. The average molecular weight is 358 g/mol. The molecule has 5 rings (SSSR count). The van der Waals surface area contributed by atoms with Gasteiger partial charge in [0.15, 0.2) is 0 Å². The highest BCUT2D eigenvalue weighted by molar-refractivity contribution is 5.93. The van der Waals surface area contributed by atoms with E-state index in [0.29, 0.717) is 6.04 Å². The Hall–Kier alpha value is -2.39. The monoisotopic (exact) mass is 357 g/mol. The Labute approximate surface area is 161 Å². The van der Waals surface area contributed by atoms with Gasteiger partial charge >= 0.3 is 0 Å². The molecule has 1 saturated heterocycles. The summed E-state index contributed by atoms with van der Waals surface area (Å²) in [6, 6.07) is 18.3. The van der Waals surface area contributed by atoms with Crippen LogP contribution in [-0.4, -0.2) is 42.1 Å². The zero-order valence-corrected chi connectivity index (χ0v) is 16.1. The van der Waals surface area contributed by atoms with Crippen LogP contribution in [0.1, 0.15) is 23.1 Å². The van der Waals surface area contributed by atoms with Gasteiger partial charge in [0.25, 0.3) is 0 Å². The van der Waals surface area contributed by atoms with Gasteiger partial charge in [0, 0.05) is 49.5 Å². The molecule has 138 valence electrons. The Morgan fingerprint density at radius 3 is 2.56 bits per heavy atom. The molecule has 0 radical (unpaired) electrons. The number of aromatic nitrogens is 1. The molecule has 3 heteroatoms. The van der Waals surface area contributed by atoms with Gasteiger partial charge in [-0.2, -0.15) is 0 Å². The Balaban J connectivity index is 1.32. The first-order valence-corrected chi connectivity index (χ1v) is 10.2. The molecule has 3 aromatic rings. The average Bonchev–Trinajstić information content (AvgIpc) is 2.73. The van der Waals surface area contributed by atoms with Crippen LogP contribution in [0.15, 0.2) is 54.7 Å². The van der Waals surface area contributed by atoms with Gasteiger partial charge in [-0.05, 0) is 61.1 Å². The summed E-state index contributed by atoms with van der Waals surface area (Å²) in [7, 11) is 0. The zero-order chi connectivity index (χ0) is 18.2. The molecule has 0 amide bonds. The summed E-state index contributed by atoms with van der Waals surface area (Å²) >= 11 is 0. The molecule has 2 aliphatic rings. The summed E-state index contributed by atoms with van der Waals surface area (Å²) in [5.74, 6) is 0. The number of benzene rings is 2. The van der Waals surface area contributed by atoms with Crippen molar-refractivity contribution in [2.24, 2.45) is 0 Å². The second-order valence-corrected chi connectivity index (χ2v) is 7.99. The van der Waals surface area contributed by atoms with Crippen LogP contribution in [-0.2, 0) is 12.8 Å². The van der Waals surface area contributed by atoms with Crippen LogP contribution in [0.2, 0.25) is 0 Å². The van der Waals surface area contributed by atoms with E-state index in [4.69, 9.17) is 0 Å². The highest BCUT2D eigenvalue weighted by Gasteiger charge is 2.28. The quantitative estimate of drug-likeness (QED) is 0.684. The molecule has 3 nitrogen and oxygen atoms in total. The lowest BCUT2D eigenvalue weighted by molar-refractivity contribution is 0.170. The number of aryl methyl sites for hydroxylation is 2. The molecule has 1 unspecified atom stereocenters. The van der Waals surface area contributed by atoms with Gasteiger partial charge in [0.2, 0.25) is 0 Å². The van der Waals surface area contributed by atoms with Gasteiger partial charge in [-0.15, -0.1) is 0 Å². The molecule has 2 heterocycles. The first-order chi connectivity index (χ1) is 13.3. The molecule has 1 fully saturated rings. The largest absolute Gasteiger partial charge is 0.368 e. The van der Waals surface area contributed by atoms with Crippen molar-refractivity contribution >= 4 is 16.6 Å². The highest BCUT2D eigenvalue weighted by Crippen LogP contribution is 2.31. The van der Waals surface area contributed by atoms with E-state index in [9.17, 15) is 0 Å². The second-order valence-electron chi connectivity index (χ2n) is 7.99. The minimum atomic E-state index is 0.706. The van der Waals surface area contributed by atoms with Crippen molar-refractivity contribution in [2.45, 2.75) is 32.2 Å². The van der Waals surface area contributed by atoms with Crippen LogP contribution in [0.5, 0.6) is 0 Å². The molecule has 0 bridgehead atoms. The van der Waals surface area contributed by atoms with Gasteiger partial charge in [-0.3, -0.25) is 9.88 Å². The number of piperazine rings is 1. The van der Waals surface area contributed by atoms with Crippen LogP contribution in [0.3, 0.4) is 0 Å². The summed E-state index contributed by atoms with van der Waals surface area (Å²) in [6.07, 6.45) is 5.64. The molecule has 2 aromatic carbocycles. The number of hydrogen-bond acceptors (Lipinski definition) is 3. The predicted octanol–water partition coefficient (Wildman–Crippen LogP) is 4.22. The molecule has 0 saturated carbocycles. The Bertz CT molecular complexity index is 957. The number of anilines is 1. The Morgan fingerprint density at radius 1 is 0.889 bits per heavy atom. The molecule has 0 spiro atoms. The molecule has 1 atom stereocenters. The fraction of sp³-hybridized carbons (Fsp3) is 0.375. The van der Waals surface area contributed by atoms with E-state index in [1.807, 2.05) is 6.20 Å². The topological polar surface area (TPSA) is 19.4 Å². The van der Waals surface area contributed by atoms with Crippen molar-refractivity contribution in [3.05, 3.63) is 71.4 Å². The SMILES string of the molecule is Cc1ccc2ncccc2c1N1CCN(C2CCc3ccccc3C2)CC1. The van der Waals surface area contributed by atoms with Crippen molar-refractivity contribution in [2.75, 3.05) is 31.1 Å². The second kappa shape index (κ2) is 6.97. The number of pyridine rings is 1. The summed E-state index contributed by atoms with van der Waals surface area (Å²) in [5.41, 5.74) is 6.97. The summed E-state index contributed by atoms with van der Waals surface area (Å²) in [6.45, 7) is 6.75. The lowest BCUT2D eigenvalue weighted by Crippen LogP contribution is -2.52. The Kier molecular flexibility index (Phi) is 4.33. The first kappa shape index (κ1) is 16.8. The lowest BCUT2D eigenvalue weighted by atomic mass is 9.87. The first-order valence-electron chi connectivity index (χ1n) is 10.2. The van der Waals surface area contributed by atoms with Gasteiger partial charge in [-0.1, -0.05) is 30.3 Å². The lowest BCUT2D eigenvalue weighted by Gasteiger charge is -2.42. The van der Waals surface area contributed by atoms with E-state index in [1.54, 1.807) is 11.1 Å². The third-order valence-electron chi connectivity index (χ3n) is 6.43. The number of nitrogens with zero attached hydrogens (tertiary/aromatic N) is 3. The molecule has 1 aromatic heterocycles. The molecule has 1 aliphatic carbocycles. The fourth-order valence-electron chi connectivity index (χ4n) is 4.97. The molecule has 0 N–H and O–H groups in total. The third-order valence-corrected chi connectivity index (χ3v) is 6.43. The van der Waals surface area contributed by atoms with Crippen molar-refractivity contribution in [1.29, 1.82) is 0 Å². The van der Waals surface area contributed by atoms with E-state index in [2.05, 4.69) is 70.2 Å². The van der Waals surface area contributed by atoms with Crippen molar-refractivity contribution in [3.63, 3.8) is 0 Å². The van der Waals surface area contributed by atoms with Crippen LogP contribution in [0.25, 0.3) is 10.9 Å². The minimum Gasteiger partial charge on any atom is -0.368 e. The standard InChI is InChI=1S/C24H27N3/c1-18-8-11-23-22(7-4-12-25-23)24(18)27-15-13-26(14-16-27)21-10-9-19-5-2-3-6-20(19)17-21/h2-8,11-12,21H,9-10,13-17H2,1H3. The maximum Gasteiger partial charge on any atom is 0.0722 e. The summed E-state index contributed by atoms with van der Waals surface area (Å²) < 4.78 is 0. The summed E-state index contributed by atoms with van der Waals surface area (Å²) in [5, 5.41) is 1.29. The maximum absolute atomic E-state index is 4.55. The molecule has 1 aliphatic heterocycles. The van der Waals surface area contributed by atoms with Gasteiger partial charge in [0.1, 0.15) is 0 Å². The van der Waals surface area contributed by atoms with Crippen LogP contribution in [0.4, 0.5) is 5.69 Å². The van der Waals surface area contributed by atoms with Crippen LogP contribution >= 0.6 is 0 Å². The fourth-order valence-corrected chi connectivity index (χ4v) is 4.97. The summed E-state index contributed by atoms with van der Waals surface area (Å²) in [4.78, 5) is 9.85. The predicted molar refractivity (Wildman–Crippen MR) is 113 cm³/mol. The van der Waals surface area contributed by atoms with E-state index in [0.717, 1.165) is 31.7 Å². The van der Waals surface area contributed by atoms with E-state index >= 15 is 0 Å². The maximum atomic E-state index is 4.55. The van der Waals surface area contributed by atoms with Gasteiger partial charge in [-0.25, -0.2) is 0 Å². The van der Waals surface area contributed by atoms with Crippen molar-refractivity contribution in [3.8, 4) is 0 Å². The van der Waals surface area contributed by atoms with E-state index in [1.165, 1.54) is 35.9 Å². The van der Waals surface area contributed by atoms with E-state index in [-0.39, 0.29) is 0 Å². The highest BCUT2D eigenvalue weighted by atomic mass is 15.3. The third kappa shape index (κ3) is 3.10. The van der Waals surface area contributed by atoms with Crippen molar-refractivity contribution in [1.82, 2.24) is 9.88 Å². The molecule has 27 heavy (non-hydrogen) atoms. The van der Waals surface area contributed by atoms with Crippen LogP contribution < -0.4 is 4.90 Å². The Morgan fingerprint density at radius 2 is 1.70 bits per heavy atom. The molecular weight excluding hydrogens is 330 g/mol. The van der Waals surface area contributed by atoms with Crippen molar-refractivity contribution < 1.29 is 0 Å². The molecular formula is C24H27N3. The zero-order valence-electron chi connectivity index (χ0n) is 16.1. The smallest absolute Gasteiger partial charge is 0.0722 e. The number of fused-ring (bicyclic) bond motifs is 2. The van der Waals surface area contributed by atoms with Gasteiger partial charge in [0.05, 0.1) is 5.52 Å². The van der Waals surface area contributed by atoms with E-state index < -0.39 is 0 Å². The number of hydrogen-bond donors (Lipinski definition) is 0. The normalized spacial score (nSPS) is 20.6.